The van der Waals surface area contributed by atoms with Crippen molar-refractivity contribution in [2.24, 2.45) is 0 Å². The minimum Gasteiger partial charge on any atom is -0.334 e. The summed E-state index contributed by atoms with van der Waals surface area (Å²) >= 11 is 0. The van der Waals surface area contributed by atoms with Crippen LogP contribution in [0, 0.1) is 5.82 Å². The van der Waals surface area contributed by atoms with Crippen LogP contribution in [0.5, 0.6) is 0 Å². The van der Waals surface area contributed by atoms with E-state index in [-0.39, 0.29) is 17.6 Å². The Morgan fingerprint density at radius 1 is 0.857 bits per heavy atom. The lowest BCUT2D eigenvalue weighted by molar-refractivity contribution is -0.116. The van der Waals surface area contributed by atoms with Gasteiger partial charge in [-0.25, -0.2) is 4.39 Å². The van der Waals surface area contributed by atoms with Gasteiger partial charge in [-0.3, -0.25) is 9.59 Å². The van der Waals surface area contributed by atoms with E-state index in [2.05, 4.69) is 0 Å². The molecule has 148 valence electrons. The summed E-state index contributed by atoms with van der Waals surface area (Å²) < 4.78 is 13.2. The van der Waals surface area contributed by atoms with Crippen molar-refractivity contribution in [1.29, 1.82) is 0 Å². The lowest BCUT2D eigenvalue weighted by Crippen LogP contribution is -2.34. The number of nitrogens with zero attached hydrogens (tertiary/aromatic N) is 2. The third-order valence-corrected chi connectivity index (χ3v) is 5.21. The average Bonchev–Trinajstić information content (AvgIpc) is 2.68. The molecule has 0 N–H and O–H groups in total. The molecule has 3 rings (SSSR count). The van der Waals surface area contributed by atoms with Gasteiger partial charge in [-0.15, -0.1) is 0 Å². The molecule has 0 aromatic heterocycles. The van der Waals surface area contributed by atoms with Crippen molar-refractivity contribution in [1.82, 2.24) is 4.90 Å². The van der Waals surface area contributed by atoms with E-state index in [9.17, 15) is 14.0 Å². The third-order valence-electron chi connectivity index (χ3n) is 5.21. The van der Waals surface area contributed by atoms with Gasteiger partial charge in [0.1, 0.15) is 5.82 Å². The van der Waals surface area contributed by atoms with Crippen molar-refractivity contribution in [2.45, 2.75) is 45.6 Å². The summed E-state index contributed by atoms with van der Waals surface area (Å²) in [5, 5.41) is 0. The van der Waals surface area contributed by atoms with Crippen LogP contribution in [-0.2, 0) is 11.3 Å². The van der Waals surface area contributed by atoms with E-state index in [0.717, 1.165) is 43.4 Å². The number of amides is 2. The molecule has 1 aliphatic rings. The Bertz CT molecular complexity index is 820. The molecule has 0 unspecified atom stereocenters. The SMILES string of the molecule is CC(=O)N1CCCCCCCN(C(=O)c2ccc(F)cc2)Cc2ccccc21. The van der Waals surface area contributed by atoms with E-state index in [1.165, 1.54) is 24.3 Å². The highest BCUT2D eigenvalue weighted by atomic mass is 19.1. The highest BCUT2D eigenvalue weighted by Gasteiger charge is 2.21. The first-order valence-electron chi connectivity index (χ1n) is 9.97. The van der Waals surface area contributed by atoms with Crippen LogP contribution in [0.1, 0.15) is 54.9 Å². The standard InChI is InChI=1S/C23H27FN2O2/c1-18(27)26-16-8-4-2-3-7-15-25(17-20-9-5-6-10-22(20)26)23(28)19-11-13-21(24)14-12-19/h5-6,9-14H,2-4,7-8,15-17H2,1H3. The molecular weight excluding hydrogens is 355 g/mol. The number of rotatable bonds is 1. The number of halogens is 1. The first-order chi connectivity index (χ1) is 13.6. The Balaban J connectivity index is 1.93. The first-order valence-corrected chi connectivity index (χ1v) is 9.97. The summed E-state index contributed by atoms with van der Waals surface area (Å²) in [4.78, 5) is 29.0. The Morgan fingerprint density at radius 3 is 2.21 bits per heavy atom. The fraction of sp³-hybridized carbons (Fsp3) is 0.391. The van der Waals surface area contributed by atoms with Crippen molar-refractivity contribution < 1.29 is 14.0 Å². The highest BCUT2D eigenvalue weighted by molar-refractivity contribution is 5.95. The second-order valence-corrected chi connectivity index (χ2v) is 7.30. The Hall–Kier alpha value is -2.69. The molecule has 0 atom stereocenters. The van der Waals surface area contributed by atoms with Crippen LogP contribution in [0.4, 0.5) is 10.1 Å². The minimum atomic E-state index is -0.354. The van der Waals surface area contributed by atoms with Crippen LogP contribution in [0.15, 0.2) is 48.5 Å². The first kappa shape index (κ1) is 20.1. The van der Waals surface area contributed by atoms with Gasteiger partial charge in [0, 0.05) is 37.8 Å². The van der Waals surface area contributed by atoms with Crippen molar-refractivity contribution in [3.8, 4) is 0 Å². The van der Waals surface area contributed by atoms with Gasteiger partial charge in [0.15, 0.2) is 0 Å². The van der Waals surface area contributed by atoms with Crippen LogP contribution in [0.25, 0.3) is 0 Å². The Labute approximate surface area is 166 Å². The molecule has 0 radical (unpaired) electrons. The lowest BCUT2D eigenvalue weighted by atomic mass is 10.1. The number of hydrogen-bond donors (Lipinski definition) is 0. The maximum Gasteiger partial charge on any atom is 0.254 e. The summed E-state index contributed by atoms with van der Waals surface area (Å²) in [6, 6.07) is 13.5. The predicted molar refractivity (Wildman–Crippen MR) is 109 cm³/mol. The molecule has 0 aliphatic carbocycles. The van der Waals surface area contributed by atoms with E-state index in [0.29, 0.717) is 25.2 Å². The zero-order valence-electron chi connectivity index (χ0n) is 16.4. The van der Waals surface area contributed by atoms with Gasteiger partial charge in [-0.2, -0.15) is 0 Å². The van der Waals surface area contributed by atoms with Crippen molar-refractivity contribution >= 4 is 17.5 Å². The van der Waals surface area contributed by atoms with Gasteiger partial charge in [-0.05, 0) is 48.7 Å². The molecule has 1 aliphatic heterocycles. The molecule has 0 bridgehead atoms. The summed E-state index contributed by atoms with van der Waals surface area (Å²) in [6.45, 7) is 3.35. The quantitative estimate of drug-likeness (QED) is 0.712. The van der Waals surface area contributed by atoms with Crippen molar-refractivity contribution in [3.63, 3.8) is 0 Å². The Kier molecular flexibility index (Phi) is 6.80. The second-order valence-electron chi connectivity index (χ2n) is 7.30. The maximum atomic E-state index is 13.2. The average molecular weight is 382 g/mol. The summed E-state index contributed by atoms with van der Waals surface area (Å²) in [6.07, 6.45) is 5.12. The zero-order valence-corrected chi connectivity index (χ0v) is 16.4. The van der Waals surface area contributed by atoms with E-state index in [1.54, 1.807) is 6.92 Å². The van der Waals surface area contributed by atoms with Gasteiger partial charge < -0.3 is 9.80 Å². The zero-order chi connectivity index (χ0) is 19.9. The Morgan fingerprint density at radius 2 is 1.50 bits per heavy atom. The van der Waals surface area contributed by atoms with Crippen LogP contribution in [-0.4, -0.2) is 29.8 Å². The van der Waals surface area contributed by atoms with E-state index < -0.39 is 0 Å². The number of benzene rings is 2. The van der Waals surface area contributed by atoms with Gasteiger partial charge in [-0.1, -0.05) is 37.5 Å². The number of carbonyl (C=O) groups excluding carboxylic acids is 2. The molecule has 2 aromatic carbocycles. The van der Waals surface area contributed by atoms with Gasteiger partial charge in [0.05, 0.1) is 0 Å². The summed E-state index contributed by atoms with van der Waals surface area (Å²) in [5.41, 5.74) is 2.30. The number of fused-ring (bicyclic) bond motifs is 1. The monoisotopic (exact) mass is 382 g/mol. The largest absolute Gasteiger partial charge is 0.334 e. The molecule has 4 nitrogen and oxygen atoms in total. The number of para-hydroxylation sites is 1. The lowest BCUT2D eigenvalue weighted by Gasteiger charge is -2.29. The molecule has 1 heterocycles. The molecule has 0 fully saturated rings. The third kappa shape index (κ3) is 4.97. The molecule has 0 spiro atoms. The molecular formula is C23H27FN2O2. The molecule has 5 heteroatoms. The minimum absolute atomic E-state index is 0.0147. The molecule has 28 heavy (non-hydrogen) atoms. The molecule has 2 amide bonds. The van der Waals surface area contributed by atoms with Crippen molar-refractivity contribution in [2.75, 3.05) is 18.0 Å². The van der Waals surface area contributed by atoms with E-state index in [1.807, 2.05) is 34.1 Å². The predicted octanol–water partition coefficient (Wildman–Crippen LogP) is 4.79. The van der Waals surface area contributed by atoms with E-state index >= 15 is 0 Å². The number of hydrogen-bond acceptors (Lipinski definition) is 2. The summed E-state index contributed by atoms with van der Waals surface area (Å²) in [7, 11) is 0. The fourth-order valence-corrected chi connectivity index (χ4v) is 3.69. The number of carbonyl (C=O) groups is 2. The molecule has 0 saturated heterocycles. The van der Waals surface area contributed by atoms with Gasteiger partial charge in [0.2, 0.25) is 5.91 Å². The van der Waals surface area contributed by atoms with Crippen LogP contribution < -0.4 is 4.90 Å². The van der Waals surface area contributed by atoms with Gasteiger partial charge >= 0.3 is 0 Å². The number of anilines is 1. The summed E-state index contributed by atoms with van der Waals surface area (Å²) in [5.74, 6) is -0.449. The fourth-order valence-electron chi connectivity index (χ4n) is 3.69. The van der Waals surface area contributed by atoms with Crippen LogP contribution in [0.2, 0.25) is 0 Å². The van der Waals surface area contributed by atoms with Crippen LogP contribution >= 0.6 is 0 Å². The molecule has 0 saturated carbocycles. The van der Waals surface area contributed by atoms with Gasteiger partial charge in [0.25, 0.3) is 5.91 Å². The van der Waals surface area contributed by atoms with Crippen molar-refractivity contribution in [3.05, 3.63) is 65.5 Å². The topological polar surface area (TPSA) is 40.6 Å². The van der Waals surface area contributed by atoms with E-state index in [4.69, 9.17) is 0 Å². The highest BCUT2D eigenvalue weighted by Crippen LogP contribution is 2.25. The maximum absolute atomic E-state index is 13.2. The second kappa shape index (κ2) is 9.49. The normalized spacial score (nSPS) is 15.9. The smallest absolute Gasteiger partial charge is 0.254 e. The van der Waals surface area contributed by atoms with Crippen LogP contribution in [0.3, 0.4) is 0 Å². The molecule has 2 aromatic rings.